The Kier molecular flexibility index (Phi) is 4.67. The molecular weight excluding hydrogens is 344 g/mol. The minimum absolute atomic E-state index is 0.0641. The van der Waals surface area contributed by atoms with Crippen LogP contribution >= 0.6 is 11.3 Å². The number of aromatic nitrogens is 2. The quantitative estimate of drug-likeness (QED) is 0.669. The highest BCUT2D eigenvalue weighted by Gasteiger charge is 2.22. The van der Waals surface area contributed by atoms with Gasteiger partial charge in [-0.1, -0.05) is 29.8 Å². The SMILES string of the molecule is Cc1ccc(/C=C/C(=O)N2CCN(c3ncnc4ccsc34)CC2)cc1. The van der Waals surface area contributed by atoms with Gasteiger partial charge in [-0.25, -0.2) is 9.97 Å². The number of aryl methyl sites for hydroxylation is 1. The van der Waals surface area contributed by atoms with Crippen LogP contribution < -0.4 is 4.90 Å². The third-order valence-corrected chi connectivity index (χ3v) is 5.51. The number of nitrogens with zero attached hydrogens (tertiary/aromatic N) is 4. The van der Waals surface area contributed by atoms with Crippen molar-refractivity contribution in [2.75, 3.05) is 31.1 Å². The number of carbonyl (C=O) groups is 1. The molecule has 1 aromatic carbocycles. The lowest BCUT2D eigenvalue weighted by Gasteiger charge is -2.35. The summed E-state index contributed by atoms with van der Waals surface area (Å²) in [5, 5.41) is 2.04. The first-order valence-corrected chi connectivity index (χ1v) is 9.55. The van der Waals surface area contributed by atoms with Crippen molar-refractivity contribution in [1.29, 1.82) is 0 Å². The number of benzene rings is 1. The molecule has 26 heavy (non-hydrogen) atoms. The summed E-state index contributed by atoms with van der Waals surface area (Å²) < 4.78 is 1.12. The van der Waals surface area contributed by atoms with E-state index in [4.69, 9.17) is 0 Å². The van der Waals surface area contributed by atoms with E-state index in [0.717, 1.165) is 34.7 Å². The maximum Gasteiger partial charge on any atom is 0.246 e. The first-order valence-electron chi connectivity index (χ1n) is 8.67. The van der Waals surface area contributed by atoms with E-state index < -0.39 is 0 Å². The lowest BCUT2D eigenvalue weighted by atomic mass is 10.1. The van der Waals surface area contributed by atoms with E-state index in [1.165, 1.54) is 5.56 Å². The van der Waals surface area contributed by atoms with Crippen LogP contribution in [0.5, 0.6) is 0 Å². The van der Waals surface area contributed by atoms with Gasteiger partial charge in [-0.3, -0.25) is 4.79 Å². The number of anilines is 1. The number of carbonyl (C=O) groups excluding carboxylic acids is 1. The molecular formula is C20H20N4OS. The van der Waals surface area contributed by atoms with Crippen molar-refractivity contribution in [1.82, 2.24) is 14.9 Å². The van der Waals surface area contributed by atoms with Crippen LogP contribution in [-0.2, 0) is 4.79 Å². The summed E-state index contributed by atoms with van der Waals surface area (Å²) in [6.45, 7) is 5.03. The van der Waals surface area contributed by atoms with Crippen LogP contribution in [0, 0.1) is 6.92 Å². The molecule has 1 amide bonds. The molecule has 4 rings (SSSR count). The molecule has 0 atom stereocenters. The van der Waals surface area contributed by atoms with Crippen molar-refractivity contribution in [3.8, 4) is 0 Å². The molecule has 0 unspecified atom stereocenters. The van der Waals surface area contributed by atoms with Crippen molar-refractivity contribution in [3.63, 3.8) is 0 Å². The Morgan fingerprint density at radius 3 is 2.62 bits per heavy atom. The van der Waals surface area contributed by atoms with Gasteiger partial charge in [0.15, 0.2) is 0 Å². The molecule has 0 N–H and O–H groups in total. The van der Waals surface area contributed by atoms with E-state index in [-0.39, 0.29) is 5.91 Å². The summed E-state index contributed by atoms with van der Waals surface area (Å²) in [6.07, 6.45) is 5.17. The topological polar surface area (TPSA) is 49.3 Å². The van der Waals surface area contributed by atoms with Crippen molar-refractivity contribution in [2.24, 2.45) is 0 Å². The summed E-state index contributed by atoms with van der Waals surface area (Å²) in [5.74, 6) is 1.04. The summed E-state index contributed by atoms with van der Waals surface area (Å²) >= 11 is 1.66. The minimum Gasteiger partial charge on any atom is -0.352 e. The third-order valence-electron chi connectivity index (χ3n) is 4.61. The van der Waals surface area contributed by atoms with Gasteiger partial charge < -0.3 is 9.80 Å². The second kappa shape index (κ2) is 7.25. The molecule has 3 aromatic rings. The van der Waals surface area contributed by atoms with Gasteiger partial charge in [0.2, 0.25) is 5.91 Å². The number of rotatable bonds is 3. The fourth-order valence-corrected chi connectivity index (χ4v) is 3.95. The highest BCUT2D eigenvalue weighted by molar-refractivity contribution is 7.17. The lowest BCUT2D eigenvalue weighted by molar-refractivity contribution is -0.126. The van der Waals surface area contributed by atoms with E-state index >= 15 is 0 Å². The van der Waals surface area contributed by atoms with Gasteiger partial charge in [-0.15, -0.1) is 11.3 Å². The Balaban J connectivity index is 1.39. The number of thiophene rings is 1. The zero-order valence-corrected chi connectivity index (χ0v) is 15.4. The zero-order valence-electron chi connectivity index (χ0n) is 14.6. The second-order valence-corrected chi connectivity index (χ2v) is 7.30. The van der Waals surface area contributed by atoms with E-state index in [1.54, 1.807) is 23.7 Å². The summed E-state index contributed by atoms with van der Waals surface area (Å²) in [4.78, 5) is 25.4. The Hall–Kier alpha value is -2.73. The molecule has 0 spiro atoms. The maximum atomic E-state index is 12.4. The molecule has 0 radical (unpaired) electrons. The number of hydrogen-bond donors (Lipinski definition) is 0. The van der Waals surface area contributed by atoms with Crippen LogP contribution in [0.4, 0.5) is 5.82 Å². The largest absolute Gasteiger partial charge is 0.352 e. The van der Waals surface area contributed by atoms with Crippen molar-refractivity contribution in [2.45, 2.75) is 6.92 Å². The van der Waals surface area contributed by atoms with Crippen LogP contribution in [0.1, 0.15) is 11.1 Å². The predicted molar refractivity (Wildman–Crippen MR) is 106 cm³/mol. The Labute approximate surface area is 156 Å². The molecule has 5 nitrogen and oxygen atoms in total. The monoisotopic (exact) mass is 364 g/mol. The number of amides is 1. The number of fused-ring (bicyclic) bond motifs is 1. The molecule has 3 heterocycles. The summed E-state index contributed by atoms with van der Waals surface area (Å²) in [7, 11) is 0. The van der Waals surface area contributed by atoms with E-state index in [1.807, 2.05) is 34.6 Å². The highest BCUT2D eigenvalue weighted by atomic mass is 32.1. The van der Waals surface area contributed by atoms with Gasteiger partial charge in [0.1, 0.15) is 12.1 Å². The van der Waals surface area contributed by atoms with Gasteiger partial charge in [-0.05, 0) is 30.0 Å². The molecule has 1 fully saturated rings. The summed E-state index contributed by atoms with van der Waals surface area (Å²) in [5.41, 5.74) is 3.25. The molecule has 1 saturated heterocycles. The Morgan fingerprint density at radius 1 is 1.08 bits per heavy atom. The van der Waals surface area contributed by atoms with E-state index in [2.05, 4.69) is 33.9 Å². The molecule has 1 aliphatic heterocycles. The van der Waals surface area contributed by atoms with Crippen molar-refractivity contribution >= 4 is 39.4 Å². The number of hydrogen-bond acceptors (Lipinski definition) is 5. The van der Waals surface area contributed by atoms with Gasteiger partial charge in [0, 0.05) is 32.3 Å². The standard InChI is InChI=1S/C20H20N4OS/c1-15-2-4-16(5-3-15)6-7-18(25)23-9-11-24(12-10-23)20-19-17(8-13-26-19)21-14-22-20/h2-8,13-14H,9-12H2,1H3/b7-6+. The molecule has 0 bridgehead atoms. The van der Waals surface area contributed by atoms with Crippen LogP contribution in [0.25, 0.3) is 16.3 Å². The zero-order chi connectivity index (χ0) is 17.9. The minimum atomic E-state index is 0.0641. The highest BCUT2D eigenvalue weighted by Crippen LogP contribution is 2.28. The van der Waals surface area contributed by atoms with Gasteiger partial charge in [-0.2, -0.15) is 0 Å². The maximum absolute atomic E-state index is 12.4. The first kappa shape index (κ1) is 16.7. The van der Waals surface area contributed by atoms with E-state index in [0.29, 0.717) is 13.1 Å². The van der Waals surface area contributed by atoms with Crippen LogP contribution in [0.2, 0.25) is 0 Å². The fraction of sp³-hybridized carbons (Fsp3) is 0.250. The normalized spacial score (nSPS) is 15.1. The number of piperazine rings is 1. The predicted octanol–water partition coefficient (Wildman–Crippen LogP) is 3.36. The van der Waals surface area contributed by atoms with Gasteiger partial charge in [0.25, 0.3) is 0 Å². The molecule has 1 aliphatic rings. The second-order valence-electron chi connectivity index (χ2n) is 6.39. The fourth-order valence-electron chi connectivity index (χ4n) is 3.09. The third kappa shape index (κ3) is 3.46. The molecule has 0 saturated carbocycles. The molecule has 132 valence electrons. The van der Waals surface area contributed by atoms with Crippen molar-refractivity contribution in [3.05, 3.63) is 59.2 Å². The molecule has 0 aliphatic carbocycles. The van der Waals surface area contributed by atoms with Gasteiger partial charge in [0.05, 0.1) is 10.2 Å². The molecule has 2 aromatic heterocycles. The van der Waals surface area contributed by atoms with Crippen LogP contribution in [-0.4, -0.2) is 47.0 Å². The average molecular weight is 364 g/mol. The molecule has 6 heteroatoms. The average Bonchev–Trinajstić information content (AvgIpc) is 3.16. The van der Waals surface area contributed by atoms with Crippen LogP contribution in [0.15, 0.2) is 48.1 Å². The first-order chi connectivity index (χ1) is 12.7. The smallest absolute Gasteiger partial charge is 0.246 e. The lowest BCUT2D eigenvalue weighted by Crippen LogP contribution is -2.48. The Morgan fingerprint density at radius 2 is 1.85 bits per heavy atom. The van der Waals surface area contributed by atoms with Gasteiger partial charge >= 0.3 is 0 Å². The van der Waals surface area contributed by atoms with E-state index in [9.17, 15) is 4.79 Å². The van der Waals surface area contributed by atoms with Crippen LogP contribution in [0.3, 0.4) is 0 Å². The summed E-state index contributed by atoms with van der Waals surface area (Å²) in [6, 6.07) is 10.2. The van der Waals surface area contributed by atoms with Crippen molar-refractivity contribution < 1.29 is 4.79 Å². The Bertz CT molecular complexity index is 940.